The summed E-state index contributed by atoms with van der Waals surface area (Å²) in [6.07, 6.45) is 1.65. The van der Waals surface area contributed by atoms with Crippen LogP contribution in [-0.2, 0) is 4.79 Å². The maximum absolute atomic E-state index is 12.2. The SMILES string of the molecule is CNC(=O)CN1CCC(NC(=O)NC(C)c2ccc(Cl)c(Cl)c2)CC1. The number of rotatable bonds is 5. The summed E-state index contributed by atoms with van der Waals surface area (Å²) in [4.78, 5) is 25.7. The van der Waals surface area contributed by atoms with Crippen LogP contribution in [-0.4, -0.2) is 49.6 Å². The van der Waals surface area contributed by atoms with Crippen molar-refractivity contribution in [3.63, 3.8) is 0 Å². The Hall–Kier alpha value is -1.50. The number of likely N-dealkylation sites (N-methyl/N-ethyl adjacent to an activating group) is 1. The minimum Gasteiger partial charge on any atom is -0.358 e. The number of piperidine rings is 1. The van der Waals surface area contributed by atoms with Gasteiger partial charge < -0.3 is 16.0 Å². The Kier molecular flexibility index (Phi) is 7.35. The van der Waals surface area contributed by atoms with Gasteiger partial charge in [-0.1, -0.05) is 29.3 Å². The van der Waals surface area contributed by atoms with E-state index in [1.54, 1.807) is 19.2 Å². The molecule has 1 aliphatic heterocycles. The summed E-state index contributed by atoms with van der Waals surface area (Å²) < 4.78 is 0. The third kappa shape index (κ3) is 6.06. The fourth-order valence-corrected chi connectivity index (χ4v) is 3.11. The molecule has 1 aromatic carbocycles. The molecule has 1 unspecified atom stereocenters. The molecular weight excluding hydrogens is 363 g/mol. The van der Waals surface area contributed by atoms with Crippen molar-refractivity contribution in [1.29, 1.82) is 0 Å². The van der Waals surface area contributed by atoms with Crippen LogP contribution in [0.2, 0.25) is 10.0 Å². The van der Waals surface area contributed by atoms with E-state index in [4.69, 9.17) is 23.2 Å². The van der Waals surface area contributed by atoms with E-state index in [1.807, 2.05) is 13.0 Å². The second-order valence-corrected chi connectivity index (χ2v) is 7.05. The number of benzene rings is 1. The molecule has 8 heteroatoms. The summed E-state index contributed by atoms with van der Waals surface area (Å²) in [5, 5.41) is 9.49. The van der Waals surface area contributed by atoms with Gasteiger partial charge in [-0.25, -0.2) is 4.79 Å². The Bertz CT molecular complexity index is 619. The molecule has 0 saturated carbocycles. The molecule has 6 nitrogen and oxygen atoms in total. The maximum atomic E-state index is 12.2. The molecule has 1 heterocycles. The van der Waals surface area contributed by atoms with E-state index < -0.39 is 0 Å². The Morgan fingerprint density at radius 2 is 1.92 bits per heavy atom. The maximum Gasteiger partial charge on any atom is 0.315 e. The number of carbonyl (C=O) groups excluding carboxylic acids is 2. The molecule has 0 aliphatic carbocycles. The summed E-state index contributed by atoms with van der Waals surface area (Å²) >= 11 is 11.9. The van der Waals surface area contributed by atoms with Gasteiger partial charge in [0.25, 0.3) is 0 Å². The van der Waals surface area contributed by atoms with Crippen LogP contribution in [0.4, 0.5) is 4.79 Å². The first-order valence-corrected chi connectivity index (χ1v) is 9.09. The number of hydrogen-bond acceptors (Lipinski definition) is 3. The van der Waals surface area contributed by atoms with Gasteiger partial charge >= 0.3 is 6.03 Å². The highest BCUT2D eigenvalue weighted by Gasteiger charge is 2.22. The quantitative estimate of drug-likeness (QED) is 0.727. The third-order valence-electron chi connectivity index (χ3n) is 4.36. The normalized spacial score (nSPS) is 17.0. The molecule has 2 rings (SSSR count). The molecule has 1 saturated heterocycles. The van der Waals surface area contributed by atoms with Gasteiger partial charge in [-0.2, -0.15) is 0 Å². The molecule has 0 radical (unpaired) electrons. The summed E-state index contributed by atoms with van der Waals surface area (Å²) in [5.74, 6) is 0.0135. The molecule has 1 atom stereocenters. The van der Waals surface area contributed by atoms with Crippen LogP contribution in [0.25, 0.3) is 0 Å². The van der Waals surface area contributed by atoms with Crippen LogP contribution in [0.15, 0.2) is 18.2 Å². The van der Waals surface area contributed by atoms with Crippen molar-refractivity contribution in [1.82, 2.24) is 20.9 Å². The molecule has 3 N–H and O–H groups in total. The predicted octanol–water partition coefficient (Wildman–Crippen LogP) is 2.56. The summed E-state index contributed by atoms with van der Waals surface area (Å²) in [7, 11) is 1.63. The minimum atomic E-state index is -0.205. The second kappa shape index (κ2) is 9.27. The van der Waals surface area contributed by atoms with Gasteiger partial charge in [0.15, 0.2) is 0 Å². The zero-order valence-electron chi connectivity index (χ0n) is 14.4. The van der Waals surface area contributed by atoms with Crippen molar-refractivity contribution in [2.45, 2.75) is 31.8 Å². The van der Waals surface area contributed by atoms with Crippen LogP contribution >= 0.6 is 23.2 Å². The molecule has 1 fully saturated rings. The molecule has 3 amide bonds. The van der Waals surface area contributed by atoms with Crippen LogP contribution in [0.3, 0.4) is 0 Å². The van der Waals surface area contributed by atoms with Gasteiger partial charge in [0.05, 0.1) is 22.6 Å². The Morgan fingerprint density at radius 3 is 2.52 bits per heavy atom. The average Bonchev–Trinajstić information content (AvgIpc) is 2.58. The van der Waals surface area contributed by atoms with Crippen LogP contribution < -0.4 is 16.0 Å². The van der Waals surface area contributed by atoms with Crippen molar-refractivity contribution < 1.29 is 9.59 Å². The van der Waals surface area contributed by atoms with E-state index in [1.165, 1.54) is 0 Å². The zero-order valence-corrected chi connectivity index (χ0v) is 16.0. The lowest BCUT2D eigenvalue weighted by atomic mass is 10.1. The van der Waals surface area contributed by atoms with Crippen LogP contribution in [0.1, 0.15) is 31.4 Å². The predicted molar refractivity (Wildman–Crippen MR) is 100 cm³/mol. The lowest BCUT2D eigenvalue weighted by Crippen LogP contribution is -2.49. The van der Waals surface area contributed by atoms with E-state index in [-0.39, 0.29) is 24.0 Å². The molecule has 1 aliphatic rings. The Balaban J connectivity index is 1.77. The first kappa shape index (κ1) is 19.8. The van der Waals surface area contributed by atoms with E-state index in [0.717, 1.165) is 31.5 Å². The van der Waals surface area contributed by atoms with E-state index in [0.29, 0.717) is 16.6 Å². The summed E-state index contributed by atoms with van der Waals surface area (Å²) in [6, 6.07) is 5.05. The largest absolute Gasteiger partial charge is 0.358 e. The lowest BCUT2D eigenvalue weighted by Gasteiger charge is -2.32. The smallest absolute Gasteiger partial charge is 0.315 e. The standard InChI is InChI=1S/C17H24Cl2N4O2/c1-11(12-3-4-14(18)15(19)9-12)21-17(25)22-13-5-7-23(8-6-13)10-16(24)20-2/h3-4,9,11,13H,5-8,10H2,1-2H3,(H,20,24)(H2,21,22,25). The van der Waals surface area contributed by atoms with Crippen molar-refractivity contribution in [2.75, 3.05) is 26.7 Å². The zero-order chi connectivity index (χ0) is 18.4. The van der Waals surface area contributed by atoms with Gasteiger partial charge in [0.2, 0.25) is 5.91 Å². The average molecular weight is 387 g/mol. The Labute approximate surface area is 158 Å². The highest BCUT2D eigenvalue weighted by atomic mass is 35.5. The number of urea groups is 1. The lowest BCUT2D eigenvalue weighted by molar-refractivity contribution is -0.122. The van der Waals surface area contributed by atoms with Gasteiger partial charge in [0, 0.05) is 26.2 Å². The fraction of sp³-hybridized carbons (Fsp3) is 0.529. The molecule has 0 spiro atoms. The highest BCUT2D eigenvalue weighted by molar-refractivity contribution is 6.42. The highest BCUT2D eigenvalue weighted by Crippen LogP contribution is 2.25. The van der Waals surface area contributed by atoms with E-state index in [9.17, 15) is 9.59 Å². The molecule has 138 valence electrons. The number of carbonyl (C=O) groups is 2. The van der Waals surface area contributed by atoms with Crippen molar-refractivity contribution >= 4 is 35.1 Å². The van der Waals surface area contributed by atoms with Gasteiger partial charge in [-0.3, -0.25) is 9.69 Å². The van der Waals surface area contributed by atoms with Crippen molar-refractivity contribution in [3.8, 4) is 0 Å². The number of likely N-dealkylation sites (tertiary alicyclic amines) is 1. The van der Waals surface area contributed by atoms with E-state index >= 15 is 0 Å². The number of halogens is 2. The topological polar surface area (TPSA) is 73.5 Å². The van der Waals surface area contributed by atoms with E-state index in [2.05, 4.69) is 20.9 Å². The first-order chi connectivity index (χ1) is 11.9. The van der Waals surface area contributed by atoms with Gasteiger partial charge in [-0.05, 0) is 37.5 Å². The second-order valence-electron chi connectivity index (χ2n) is 6.24. The summed E-state index contributed by atoms with van der Waals surface area (Å²) in [6.45, 7) is 3.89. The molecular formula is C17H24Cl2N4O2. The molecule has 25 heavy (non-hydrogen) atoms. The summed E-state index contributed by atoms with van der Waals surface area (Å²) in [5.41, 5.74) is 0.893. The van der Waals surface area contributed by atoms with Gasteiger partial charge in [-0.15, -0.1) is 0 Å². The number of nitrogens with one attached hydrogen (secondary N) is 3. The number of amides is 3. The monoisotopic (exact) mass is 386 g/mol. The first-order valence-electron chi connectivity index (χ1n) is 8.34. The molecule has 1 aromatic rings. The number of nitrogens with zero attached hydrogens (tertiary/aromatic N) is 1. The molecule has 0 aromatic heterocycles. The van der Waals surface area contributed by atoms with Crippen LogP contribution in [0.5, 0.6) is 0 Å². The minimum absolute atomic E-state index is 0.0135. The van der Waals surface area contributed by atoms with Gasteiger partial charge in [0.1, 0.15) is 0 Å². The van der Waals surface area contributed by atoms with Crippen molar-refractivity contribution in [3.05, 3.63) is 33.8 Å². The fourth-order valence-electron chi connectivity index (χ4n) is 2.81. The Morgan fingerprint density at radius 1 is 1.24 bits per heavy atom. The molecule has 0 bridgehead atoms. The van der Waals surface area contributed by atoms with Crippen molar-refractivity contribution in [2.24, 2.45) is 0 Å². The third-order valence-corrected chi connectivity index (χ3v) is 5.10. The number of hydrogen-bond donors (Lipinski definition) is 3. The van der Waals surface area contributed by atoms with Crippen LogP contribution in [0, 0.1) is 0 Å².